The predicted molar refractivity (Wildman–Crippen MR) is 78.9 cm³/mol. The van der Waals surface area contributed by atoms with Crippen molar-refractivity contribution in [1.82, 2.24) is 10.4 Å². The highest BCUT2D eigenvalue weighted by molar-refractivity contribution is 6.35. The summed E-state index contributed by atoms with van der Waals surface area (Å²) >= 11 is 11.7. The molecule has 0 aliphatic heterocycles. The van der Waals surface area contributed by atoms with E-state index in [1.807, 2.05) is 0 Å². The van der Waals surface area contributed by atoms with Gasteiger partial charge >= 0.3 is 0 Å². The average Bonchev–Trinajstić information content (AvgIpc) is 2.44. The lowest BCUT2D eigenvalue weighted by Crippen LogP contribution is -2.24. The van der Waals surface area contributed by atoms with E-state index in [0.717, 1.165) is 0 Å². The fourth-order valence-corrected chi connectivity index (χ4v) is 1.97. The third-order valence-corrected chi connectivity index (χ3v) is 2.82. The van der Waals surface area contributed by atoms with Gasteiger partial charge in [0, 0.05) is 33.6 Å². The Morgan fingerprint density at radius 1 is 1.10 bits per heavy atom. The van der Waals surface area contributed by atoms with Gasteiger partial charge in [0.05, 0.1) is 0 Å². The molecule has 2 rings (SSSR count). The lowest BCUT2D eigenvalue weighted by atomic mass is 10.2. The third kappa shape index (κ3) is 3.69. The normalized spacial score (nSPS) is 11.2. The minimum absolute atomic E-state index is 0.108. The summed E-state index contributed by atoms with van der Waals surface area (Å²) in [4.78, 5) is 15.6. The number of rotatable bonds is 3. The van der Waals surface area contributed by atoms with E-state index >= 15 is 0 Å². The number of pyridine rings is 1. The molecule has 1 aromatic carbocycles. The number of hydrogen-bond donors (Lipinski definition) is 2. The first-order valence-electron chi connectivity index (χ1n) is 5.56. The molecular weight excluding hydrogens is 299 g/mol. The van der Waals surface area contributed by atoms with Gasteiger partial charge in [-0.15, -0.1) is 0 Å². The highest BCUT2D eigenvalue weighted by Gasteiger charge is 2.05. The molecule has 0 spiro atoms. The Balaban J connectivity index is 2.13. The van der Waals surface area contributed by atoms with Crippen LogP contribution in [-0.4, -0.2) is 16.7 Å². The fraction of sp³-hybridized carbons (Fsp3) is 0. The Morgan fingerprint density at radius 3 is 2.30 bits per heavy atom. The topological polar surface area (TPSA) is 80.4 Å². The van der Waals surface area contributed by atoms with Crippen LogP contribution in [0.15, 0.2) is 47.8 Å². The summed E-state index contributed by atoms with van der Waals surface area (Å²) < 4.78 is 0. The number of hydrazone groups is 1. The monoisotopic (exact) mass is 308 g/mol. The largest absolute Gasteiger partial charge is 0.382 e. The molecule has 102 valence electrons. The van der Waals surface area contributed by atoms with Crippen molar-refractivity contribution < 1.29 is 4.79 Å². The van der Waals surface area contributed by atoms with Gasteiger partial charge in [-0.05, 0) is 30.3 Å². The molecule has 7 heteroatoms. The maximum absolute atomic E-state index is 11.8. The summed E-state index contributed by atoms with van der Waals surface area (Å²) in [5, 5.41) is 4.68. The van der Waals surface area contributed by atoms with Crippen LogP contribution in [0.25, 0.3) is 0 Å². The van der Waals surface area contributed by atoms with Gasteiger partial charge in [-0.1, -0.05) is 23.2 Å². The van der Waals surface area contributed by atoms with Crippen molar-refractivity contribution in [2.45, 2.75) is 0 Å². The van der Waals surface area contributed by atoms with Crippen molar-refractivity contribution in [1.29, 1.82) is 0 Å². The van der Waals surface area contributed by atoms with Gasteiger partial charge in [-0.2, -0.15) is 5.10 Å². The predicted octanol–water partition coefficient (Wildman–Crippen LogP) is 2.44. The zero-order valence-corrected chi connectivity index (χ0v) is 11.7. The minimum atomic E-state index is -0.386. The van der Waals surface area contributed by atoms with Gasteiger partial charge in [0.1, 0.15) is 0 Å². The smallest absolute Gasteiger partial charge is 0.271 e. The highest BCUT2D eigenvalue weighted by atomic mass is 35.5. The number of carbonyl (C=O) groups is 1. The maximum atomic E-state index is 11.8. The van der Waals surface area contributed by atoms with Gasteiger partial charge in [0.25, 0.3) is 5.91 Å². The van der Waals surface area contributed by atoms with E-state index in [1.165, 1.54) is 12.4 Å². The van der Waals surface area contributed by atoms with Crippen LogP contribution in [0.4, 0.5) is 0 Å². The summed E-state index contributed by atoms with van der Waals surface area (Å²) in [5.41, 5.74) is 9.07. The minimum Gasteiger partial charge on any atom is -0.382 e. The van der Waals surface area contributed by atoms with Gasteiger partial charge in [0.2, 0.25) is 0 Å². The fourth-order valence-electron chi connectivity index (χ4n) is 1.45. The summed E-state index contributed by atoms with van der Waals surface area (Å²) in [7, 11) is 0. The Kier molecular flexibility index (Phi) is 4.55. The van der Waals surface area contributed by atoms with Crippen LogP contribution >= 0.6 is 23.2 Å². The zero-order chi connectivity index (χ0) is 14.5. The molecule has 0 saturated carbocycles. The number of hydrogen-bond acceptors (Lipinski definition) is 3. The standard InChI is InChI=1S/C13H10Cl2N4O/c14-10-5-9(6-11(15)7-10)12(16)18-19-13(20)8-1-3-17-4-2-8/h1-7H,(H2,16,18)(H,19,20). The van der Waals surface area contributed by atoms with Crippen molar-refractivity contribution in [2.75, 3.05) is 0 Å². The van der Waals surface area contributed by atoms with Crippen LogP contribution < -0.4 is 11.2 Å². The number of benzene rings is 1. The van der Waals surface area contributed by atoms with Crippen LogP contribution in [0.1, 0.15) is 15.9 Å². The molecule has 1 aromatic heterocycles. The van der Waals surface area contributed by atoms with Crippen molar-refractivity contribution in [3.05, 3.63) is 63.9 Å². The average molecular weight is 309 g/mol. The van der Waals surface area contributed by atoms with Crippen LogP contribution in [0.2, 0.25) is 10.0 Å². The van der Waals surface area contributed by atoms with Gasteiger partial charge in [-0.3, -0.25) is 9.78 Å². The molecule has 0 aliphatic carbocycles. The number of nitrogens with two attached hydrogens (primary N) is 1. The van der Waals surface area contributed by atoms with E-state index in [4.69, 9.17) is 28.9 Å². The quantitative estimate of drug-likeness (QED) is 0.519. The molecule has 0 unspecified atom stereocenters. The van der Waals surface area contributed by atoms with E-state index in [1.54, 1.807) is 30.3 Å². The second kappa shape index (κ2) is 6.36. The van der Waals surface area contributed by atoms with Gasteiger partial charge < -0.3 is 5.73 Å². The number of nitrogens with zero attached hydrogens (tertiary/aromatic N) is 2. The molecule has 0 fully saturated rings. The molecule has 0 saturated heterocycles. The van der Waals surface area contributed by atoms with E-state index < -0.39 is 0 Å². The number of amidine groups is 1. The van der Waals surface area contributed by atoms with Crippen LogP contribution in [0, 0.1) is 0 Å². The van der Waals surface area contributed by atoms with E-state index in [-0.39, 0.29) is 11.7 Å². The number of carbonyl (C=O) groups excluding carboxylic acids is 1. The molecule has 20 heavy (non-hydrogen) atoms. The van der Waals surface area contributed by atoms with Gasteiger partial charge in [0.15, 0.2) is 5.84 Å². The molecule has 1 amide bonds. The Bertz CT molecular complexity index is 638. The first-order chi connectivity index (χ1) is 9.56. The van der Waals surface area contributed by atoms with Crippen molar-refractivity contribution in [3.8, 4) is 0 Å². The zero-order valence-electron chi connectivity index (χ0n) is 10.2. The molecule has 3 N–H and O–H groups in total. The first kappa shape index (κ1) is 14.3. The Labute approximate surface area is 125 Å². The number of nitrogens with one attached hydrogen (secondary N) is 1. The highest BCUT2D eigenvalue weighted by Crippen LogP contribution is 2.18. The third-order valence-electron chi connectivity index (χ3n) is 2.38. The Morgan fingerprint density at radius 2 is 1.70 bits per heavy atom. The summed E-state index contributed by atoms with van der Waals surface area (Å²) in [6.45, 7) is 0. The van der Waals surface area contributed by atoms with Crippen molar-refractivity contribution >= 4 is 34.9 Å². The van der Waals surface area contributed by atoms with Gasteiger partial charge in [-0.25, -0.2) is 5.43 Å². The molecule has 0 atom stereocenters. The first-order valence-corrected chi connectivity index (χ1v) is 6.32. The van der Waals surface area contributed by atoms with Crippen LogP contribution in [0.3, 0.4) is 0 Å². The van der Waals surface area contributed by atoms with Crippen LogP contribution in [-0.2, 0) is 0 Å². The maximum Gasteiger partial charge on any atom is 0.271 e. The number of aromatic nitrogens is 1. The van der Waals surface area contributed by atoms with E-state index in [0.29, 0.717) is 21.2 Å². The SMILES string of the molecule is N/C(=N\NC(=O)c1ccncc1)c1cc(Cl)cc(Cl)c1. The van der Waals surface area contributed by atoms with E-state index in [2.05, 4.69) is 15.5 Å². The molecule has 0 bridgehead atoms. The van der Waals surface area contributed by atoms with Crippen molar-refractivity contribution in [3.63, 3.8) is 0 Å². The Hall–Kier alpha value is -2.11. The summed E-state index contributed by atoms with van der Waals surface area (Å²) in [6, 6.07) is 7.92. The molecule has 5 nitrogen and oxygen atoms in total. The second-order valence-electron chi connectivity index (χ2n) is 3.83. The summed E-state index contributed by atoms with van der Waals surface area (Å²) in [6.07, 6.45) is 3.03. The molecule has 0 radical (unpaired) electrons. The number of halogens is 2. The molecule has 2 aromatic rings. The van der Waals surface area contributed by atoms with E-state index in [9.17, 15) is 4.79 Å². The second-order valence-corrected chi connectivity index (χ2v) is 4.70. The number of amides is 1. The molecular formula is C13H10Cl2N4O. The van der Waals surface area contributed by atoms with Crippen molar-refractivity contribution in [2.24, 2.45) is 10.8 Å². The molecule has 1 heterocycles. The lowest BCUT2D eigenvalue weighted by Gasteiger charge is -2.04. The molecule has 0 aliphatic rings. The summed E-state index contributed by atoms with van der Waals surface area (Å²) in [5.74, 6) is -0.278. The lowest BCUT2D eigenvalue weighted by molar-refractivity contribution is 0.0954. The van der Waals surface area contributed by atoms with Crippen LogP contribution in [0.5, 0.6) is 0 Å².